The summed E-state index contributed by atoms with van der Waals surface area (Å²) in [5, 5.41) is 18.2. The Morgan fingerprint density at radius 2 is 1.31 bits per heavy atom. The number of fused-ring (bicyclic) bond motifs is 2. The van der Waals surface area contributed by atoms with Gasteiger partial charge in [-0.05, 0) is 64.2 Å². The molecule has 0 heterocycles. The molecule has 5 nitrogen and oxygen atoms in total. The number of benzene rings is 3. The first-order valence-corrected chi connectivity index (χ1v) is 11.6. The van der Waals surface area contributed by atoms with E-state index in [1.165, 1.54) is 0 Å². The Morgan fingerprint density at radius 3 is 1.89 bits per heavy atom. The van der Waals surface area contributed by atoms with Crippen molar-refractivity contribution in [3.63, 3.8) is 0 Å². The van der Waals surface area contributed by atoms with Gasteiger partial charge in [0.15, 0.2) is 5.78 Å². The highest BCUT2D eigenvalue weighted by molar-refractivity contribution is 6.14. The van der Waals surface area contributed by atoms with Crippen LogP contribution in [0.1, 0.15) is 22.3 Å². The molecule has 0 aromatic heterocycles. The van der Waals surface area contributed by atoms with Crippen molar-refractivity contribution in [1.29, 1.82) is 0 Å². The Balaban J connectivity index is 1.76. The number of rotatable bonds is 8. The summed E-state index contributed by atoms with van der Waals surface area (Å²) in [6, 6.07) is 23.8. The van der Waals surface area contributed by atoms with Gasteiger partial charge in [-0.15, -0.1) is 0 Å². The third-order valence-corrected chi connectivity index (χ3v) is 6.43. The van der Waals surface area contributed by atoms with Gasteiger partial charge in [-0.2, -0.15) is 0 Å². The molecule has 2 aliphatic carbocycles. The summed E-state index contributed by atoms with van der Waals surface area (Å²) in [5.41, 5.74) is 4.89. The van der Waals surface area contributed by atoms with Crippen molar-refractivity contribution in [3.05, 3.63) is 124 Å². The summed E-state index contributed by atoms with van der Waals surface area (Å²) in [4.78, 5) is 13.1. The van der Waals surface area contributed by atoms with Crippen LogP contribution >= 0.6 is 0 Å². The van der Waals surface area contributed by atoms with Crippen LogP contribution in [0, 0.1) is 0 Å². The molecule has 3 aromatic carbocycles. The molecule has 0 saturated heterocycles. The van der Waals surface area contributed by atoms with Gasteiger partial charge in [0, 0.05) is 5.57 Å². The minimum Gasteiger partial charge on any atom is -0.491 e. The van der Waals surface area contributed by atoms with Gasteiger partial charge in [-0.25, -0.2) is 0 Å². The Morgan fingerprint density at radius 1 is 0.743 bits per heavy atom. The van der Waals surface area contributed by atoms with Crippen LogP contribution in [0.4, 0.5) is 0 Å². The summed E-state index contributed by atoms with van der Waals surface area (Å²) in [7, 11) is 0. The molecule has 2 aliphatic rings. The molecular formula is C30H26O5. The van der Waals surface area contributed by atoms with Gasteiger partial charge in [0.25, 0.3) is 0 Å². The second kappa shape index (κ2) is 9.74. The molecular weight excluding hydrogens is 440 g/mol. The fourth-order valence-electron chi connectivity index (χ4n) is 5.00. The minimum atomic E-state index is -0.744. The lowest BCUT2D eigenvalue weighted by atomic mass is 9.58. The number of ketones is 1. The van der Waals surface area contributed by atoms with Gasteiger partial charge in [0.2, 0.25) is 0 Å². The predicted octanol–water partition coefficient (Wildman–Crippen LogP) is 4.23. The first-order valence-electron chi connectivity index (χ1n) is 11.6. The maximum Gasteiger partial charge on any atom is 0.186 e. The SMILES string of the molecule is O=C1C=CC=C2C1=Cc1ccccc1C2(c1ccc(OCCO)cc1)c1ccc(OCCO)cc1. The number of carbonyl (C=O) groups excluding carboxylic acids is 1. The second-order valence-electron chi connectivity index (χ2n) is 8.39. The van der Waals surface area contributed by atoms with Crippen LogP contribution in [0.3, 0.4) is 0 Å². The molecule has 35 heavy (non-hydrogen) atoms. The lowest BCUT2D eigenvalue weighted by Gasteiger charge is -2.43. The third-order valence-electron chi connectivity index (χ3n) is 6.43. The van der Waals surface area contributed by atoms with Gasteiger partial charge >= 0.3 is 0 Å². The van der Waals surface area contributed by atoms with Crippen LogP contribution in [0.2, 0.25) is 0 Å². The predicted molar refractivity (Wildman–Crippen MR) is 135 cm³/mol. The lowest BCUT2D eigenvalue weighted by Crippen LogP contribution is -2.37. The van der Waals surface area contributed by atoms with E-state index in [1.807, 2.05) is 85.0 Å². The van der Waals surface area contributed by atoms with Crippen molar-refractivity contribution in [2.75, 3.05) is 26.4 Å². The molecule has 5 heteroatoms. The number of hydrogen-bond acceptors (Lipinski definition) is 5. The number of carbonyl (C=O) groups is 1. The van der Waals surface area contributed by atoms with Crippen LogP contribution < -0.4 is 9.47 Å². The highest BCUT2D eigenvalue weighted by atomic mass is 16.5. The van der Waals surface area contributed by atoms with Crippen molar-refractivity contribution >= 4 is 11.9 Å². The highest BCUT2D eigenvalue weighted by Gasteiger charge is 2.46. The molecule has 5 rings (SSSR count). The molecule has 0 amide bonds. The molecule has 2 N–H and O–H groups in total. The zero-order valence-corrected chi connectivity index (χ0v) is 19.2. The van der Waals surface area contributed by atoms with Crippen LogP contribution in [0.25, 0.3) is 6.08 Å². The number of ether oxygens (including phenoxy) is 2. The van der Waals surface area contributed by atoms with Crippen LogP contribution in [-0.4, -0.2) is 42.4 Å². The van der Waals surface area contributed by atoms with Crippen molar-refractivity contribution in [2.24, 2.45) is 0 Å². The van der Waals surface area contributed by atoms with E-state index in [1.54, 1.807) is 6.08 Å². The maximum atomic E-state index is 13.1. The third kappa shape index (κ3) is 3.99. The molecule has 176 valence electrons. The van der Waals surface area contributed by atoms with Crippen LogP contribution in [0.15, 0.2) is 102 Å². The number of aliphatic hydroxyl groups is 2. The molecule has 0 fully saturated rings. The van der Waals surface area contributed by atoms with E-state index >= 15 is 0 Å². The molecule has 0 unspecified atom stereocenters. The Labute approximate surface area is 204 Å². The fraction of sp³-hybridized carbons (Fsp3) is 0.167. The first-order chi connectivity index (χ1) is 17.2. The molecule has 0 aliphatic heterocycles. The second-order valence-corrected chi connectivity index (χ2v) is 8.39. The summed E-state index contributed by atoms with van der Waals surface area (Å²) >= 11 is 0. The van der Waals surface area contributed by atoms with E-state index in [-0.39, 0.29) is 32.2 Å². The normalized spacial score (nSPS) is 15.5. The van der Waals surface area contributed by atoms with Crippen LogP contribution in [-0.2, 0) is 10.2 Å². The van der Waals surface area contributed by atoms with Gasteiger partial charge in [0.05, 0.1) is 18.6 Å². The summed E-state index contributed by atoms with van der Waals surface area (Å²) in [6.45, 7) is 0.332. The Kier molecular flexibility index (Phi) is 6.36. The average molecular weight is 467 g/mol. The Hall–Kier alpha value is -3.93. The van der Waals surface area contributed by atoms with Crippen molar-refractivity contribution in [1.82, 2.24) is 0 Å². The summed E-state index contributed by atoms with van der Waals surface area (Å²) in [6.07, 6.45) is 7.42. The van der Waals surface area contributed by atoms with E-state index in [0.29, 0.717) is 17.1 Å². The minimum absolute atomic E-state index is 0.0211. The smallest absolute Gasteiger partial charge is 0.186 e. The van der Waals surface area contributed by atoms with E-state index in [2.05, 4.69) is 6.07 Å². The zero-order valence-electron chi connectivity index (χ0n) is 19.2. The highest BCUT2D eigenvalue weighted by Crippen LogP contribution is 2.53. The number of allylic oxidation sites excluding steroid dienone is 5. The number of hydrogen-bond donors (Lipinski definition) is 2. The standard InChI is InChI=1S/C30H26O5/c31-16-18-34-24-12-8-22(9-13-24)30(23-10-14-25(15-11-23)35-19-17-32)27-5-2-1-4-21(27)20-26-28(30)6-3-7-29(26)33/h1-15,20,31-32H,16-19H2. The summed E-state index contributed by atoms with van der Waals surface area (Å²) < 4.78 is 11.2. The van der Waals surface area contributed by atoms with Crippen LogP contribution in [0.5, 0.6) is 11.5 Å². The molecule has 0 saturated carbocycles. The van der Waals surface area contributed by atoms with Gasteiger partial charge in [-0.1, -0.05) is 60.7 Å². The van der Waals surface area contributed by atoms with Gasteiger partial charge < -0.3 is 19.7 Å². The monoisotopic (exact) mass is 466 g/mol. The number of aliphatic hydroxyl groups excluding tert-OH is 2. The van der Waals surface area contributed by atoms with E-state index < -0.39 is 5.41 Å². The van der Waals surface area contributed by atoms with E-state index in [4.69, 9.17) is 19.7 Å². The molecule has 0 atom stereocenters. The Bertz CT molecular complexity index is 1260. The van der Waals surface area contributed by atoms with E-state index in [9.17, 15) is 4.79 Å². The topological polar surface area (TPSA) is 76.0 Å². The molecule has 3 aromatic rings. The summed E-state index contributed by atoms with van der Waals surface area (Å²) in [5.74, 6) is 1.31. The van der Waals surface area contributed by atoms with Crippen molar-refractivity contribution < 1.29 is 24.5 Å². The maximum absolute atomic E-state index is 13.1. The van der Waals surface area contributed by atoms with Gasteiger partial charge in [0.1, 0.15) is 24.7 Å². The zero-order chi connectivity index (χ0) is 24.3. The lowest BCUT2D eigenvalue weighted by molar-refractivity contribution is -0.111. The first kappa shape index (κ1) is 22.8. The van der Waals surface area contributed by atoms with Crippen molar-refractivity contribution in [3.8, 4) is 11.5 Å². The van der Waals surface area contributed by atoms with Crippen molar-refractivity contribution in [2.45, 2.75) is 5.41 Å². The quantitative estimate of drug-likeness (QED) is 0.520. The fourth-order valence-corrected chi connectivity index (χ4v) is 5.00. The van der Waals surface area contributed by atoms with Gasteiger partial charge in [-0.3, -0.25) is 4.79 Å². The molecule has 0 radical (unpaired) electrons. The average Bonchev–Trinajstić information content (AvgIpc) is 2.91. The molecule has 0 spiro atoms. The van der Waals surface area contributed by atoms with E-state index in [0.717, 1.165) is 27.8 Å². The molecule has 0 bridgehead atoms. The largest absolute Gasteiger partial charge is 0.491 e.